The predicted octanol–water partition coefficient (Wildman–Crippen LogP) is 2.68. The lowest BCUT2D eigenvalue weighted by atomic mass is 9.93. The van der Waals surface area contributed by atoms with E-state index in [-0.39, 0.29) is 17.9 Å². The molecule has 0 amide bonds. The van der Waals surface area contributed by atoms with E-state index in [2.05, 4.69) is 5.10 Å². The summed E-state index contributed by atoms with van der Waals surface area (Å²) in [6.45, 7) is 1.49. The van der Waals surface area contributed by atoms with Gasteiger partial charge in [0, 0.05) is 6.42 Å². The molecule has 1 aromatic carbocycles. The highest BCUT2D eigenvalue weighted by molar-refractivity contribution is 8.00. The first kappa shape index (κ1) is 25.3. The Labute approximate surface area is 199 Å². The van der Waals surface area contributed by atoms with Crippen LogP contribution in [-0.2, 0) is 19.0 Å². The number of aryl methyl sites for hydroxylation is 1. The molecule has 2 heterocycles. The molecule has 7 nitrogen and oxygen atoms in total. The van der Waals surface area contributed by atoms with Gasteiger partial charge >= 0.3 is 6.18 Å². The number of benzene rings is 1. The zero-order chi connectivity index (χ0) is 24.6. The highest BCUT2D eigenvalue weighted by Gasteiger charge is 2.47. The van der Waals surface area contributed by atoms with Crippen LogP contribution in [0.5, 0.6) is 5.88 Å². The molecule has 5 atom stereocenters. The van der Waals surface area contributed by atoms with Crippen LogP contribution in [0.25, 0.3) is 0 Å². The lowest BCUT2D eigenvalue weighted by molar-refractivity contribution is -0.146. The van der Waals surface area contributed by atoms with Gasteiger partial charge in [-0.2, -0.15) is 13.2 Å². The van der Waals surface area contributed by atoms with E-state index >= 15 is 0 Å². The summed E-state index contributed by atoms with van der Waals surface area (Å²) in [4.78, 5) is 0. The van der Waals surface area contributed by atoms with E-state index in [0.29, 0.717) is 18.4 Å². The fourth-order valence-electron chi connectivity index (χ4n) is 4.27. The summed E-state index contributed by atoms with van der Waals surface area (Å²) in [7, 11) is 0. The van der Waals surface area contributed by atoms with Crippen LogP contribution in [0.3, 0.4) is 0 Å². The summed E-state index contributed by atoms with van der Waals surface area (Å²) in [6.07, 6.45) is -6.59. The molecule has 1 aliphatic heterocycles. The Morgan fingerprint density at radius 2 is 1.71 bits per heavy atom. The minimum atomic E-state index is -4.68. The van der Waals surface area contributed by atoms with E-state index in [1.165, 1.54) is 0 Å². The van der Waals surface area contributed by atoms with Crippen LogP contribution in [0.4, 0.5) is 13.2 Å². The monoisotopic (exact) mass is 502 g/mol. The molecule has 1 saturated carbocycles. The van der Waals surface area contributed by atoms with Crippen LogP contribution in [-0.4, -0.2) is 65.8 Å². The Morgan fingerprint density at radius 3 is 2.24 bits per heavy atom. The van der Waals surface area contributed by atoms with Gasteiger partial charge < -0.3 is 25.2 Å². The number of aliphatic hydroxyl groups is 4. The second-order valence-electron chi connectivity index (χ2n) is 8.82. The van der Waals surface area contributed by atoms with E-state index < -0.39 is 53.5 Å². The molecule has 0 unspecified atom stereocenters. The molecule has 34 heavy (non-hydrogen) atoms. The van der Waals surface area contributed by atoms with Crippen LogP contribution < -0.4 is 4.74 Å². The summed E-state index contributed by atoms with van der Waals surface area (Å²) in [5.41, 5.74) is -0.520. The molecular weight excluding hydrogens is 473 g/mol. The normalized spacial score (nSPS) is 28.1. The molecule has 2 fully saturated rings. The van der Waals surface area contributed by atoms with Crippen molar-refractivity contribution in [3.63, 3.8) is 0 Å². The Hall–Kier alpha value is -1.79. The molecule has 0 spiro atoms. The summed E-state index contributed by atoms with van der Waals surface area (Å²) in [5, 5.41) is 43.5. The number of aliphatic hydroxyl groups excluding tert-OH is 4. The Morgan fingerprint density at radius 1 is 1.06 bits per heavy atom. The maximum Gasteiger partial charge on any atom is 0.433 e. The molecule has 1 saturated heterocycles. The summed E-state index contributed by atoms with van der Waals surface area (Å²) >= 11 is 0.854. The molecule has 0 radical (unpaired) electrons. The van der Waals surface area contributed by atoms with Gasteiger partial charge in [0.05, 0.1) is 29.6 Å². The minimum absolute atomic E-state index is 0.0804. The van der Waals surface area contributed by atoms with Gasteiger partial charge in [-0.3, -0.25) is 4.68 Å². The molecular formula is C23H29F3N2O5S. The largest absolute Gasteiger partial charge is 0.459 e. The third kappa shape index (κ3) is 4.94. The van der Waals surface area contributed by atoms with Crippen molar-refractivity contribution in [1.82, 2.24) is 9.78 Å². The number of hydrogen-bond acceptors (Lipinski definition) is 7. The van der Waals surface area contributed by atoms with E-state index in [4.69, 9.17) is 4.74 Å². The van der Waals surface area contributed by atoms with Crippen molar-refractivity contribution in [2.24, 2.45) is 0 Å². The average molecular weight is 503 g/mol. The van der Waals surface area contributed by atoms with Crippen LogP contribution >= 0.6 is 11.8 Å². The molecule has 4 rings (SSSR count). The van der Waals surface area contributed by atoms with Gasteiger partial charge in [-0.25, -0.2) is 0 Å². The maximum absolute atomic E-state index is 14.3. The summed E-state index contributed by atoms with van der Waals surface area (Å²) in [6, 6.07) is 6.88. The first-order valence-corrected chi connectivity index (χ1v) is 12.3. The van der Waals surface area contributed by atoms with Crippen molar-refractivity contribution in [3.8, 4) is 5.88 Å². The number of nitrogens with zero attached hydrogens (tertiary/aromatic N) is 2. The average Bonchev–Trinajstić information content (AvgIpc) is 3.10. The van der Waals surface area contributed by atoms with E-state index in [9.17, 15) is 33.6 Å². The second-order valence-corrected chi connectivity index (χ2v) is 10.2. The number of hydrogen-bond donors (Lipinski definition) is 4. The van der Waals surface area contributed by atoms with Gasteiger partial charge in [-0.1, -0.05) is 31.2 Å². The van der Waals surface area contributed by atoms with Gasteiger partial charge in [-0.05, 0) is 36.8 Å². The van der Waals surface area contributed by atoms with Gasteiger partial charge in [-0.15, -0.1) is 16.9 Å². The van der Waals surface area contributed by atoms with Gasteiger partial charge in [0.25, 0.3) is 0 Å². The standard InChI is InChI=1S/C23H29F3N2O5S/c1-2-12-6-8-13(9-7-12)10-15-20(23(24,25)26)28(14-4-3-5-14)27-21(15)33-22-19(32)18(31)17(30)16(11-29)34-22/h6-9,14,16-19,22,29-32H,2-5,10-11H2,1H3/t16-,17-,18+,19-,22-/m1/s1. The van der Waals surface area contributed by atoms with Crippen LogP contribution in [0.2, 0.25) is 0 Å². The highest BCUT2D eigenvalue weighted by atomic mass is 32.2. The van der Waals surface area contributed by atoms with Crippen LogP contribution in [0.1, 0.15) is 54.6 Å². The Bertz CT molecular complexity index is 978. The lowest BCUT2D eigenvalue weighted by Gasteiger charge is -2.38. The lowest BCUT2D eigenvalue weighted by Crippen LogP contribution is -2.55. The Kier molecular flexibility index (Phi) is 7.49. The van der Waals surface area contributed by atoms with E-state index in [1.54, 1.807) is 12.1 Å². The molecule has 1 aromatic heterocycles. The van der Waals surface area contributed by atoms with Crippen LogP contribution in [0.15, 0.2) is 24.3 Å². The van der Waals surface area contributed by atoms with E-state index in [0.717, 1.165) is 34.8 Å². The number of ether oxygens (including phenoxy) is 1. The first-order chi connectivity index (χ1) is 16.1. The molecule has 11 heteroatoms. The van der Waals surface area contributed by atoms with Gasteiger partial charge in [0.1, 0.15) is 17.9 Å². The number of rotatable bonds is 7. The summed E-state index contributed by atoms with van der Waals surface area (Å²) in [5.74, 6) is -0.268. The second kappa shape index (κ2) is 10.1. The predicted molar refractivity (Wildman–Crippen MR) is 120 cm³/mol. The minimum Gasteiger partial charge on any atom is -0.459 e. The summed E-state index contributed by atoms with van der Waals surface area (Å²) < 4.78 is 49.6. The van der Waals surface area contributed by atoms with Crippen molar-refractivity contribution in [1.29, 1.82) is 0 Å². The van der Waals surface area contributed by atoms with Gasteiger partial charge in [0.2, 0.25) is 5.88 Å². The first-order valence-electron chi connectivity index (χ1n) is 11.4. The third-order valence-electron chi connectivity index (χ3n) is 6.55. The Balaban J connectivity index is 1.73. The maximum atomic E-state index is 14.3. The molecule has 4 N–H and O–H groups in total. The van der Waals surface area contributed by atoms with Crippen molar-refractivity contribution in [2.75, 3.05) is 6.61 Å². The quantitative estimate of drug-likeness (QED) is 0.461. The number of aromatic nitrogens is 2. The van der Waals surface area contributed by atoms with Gasteiger partial charge in [0.15, 0.2) is 5.44 Å². The van der Waals surface area contributed by atoms with Crippen molar-refractivity contribution >= 4 is 11.8 Å². The number of alkyl halides is 3. The fourth-order valence-corrected chi connectivity index (χ4v) is 5.49. The third-order valence-corrected chi connectivity index (χ3v) is 7.97. The number of thioether (sulfide) groups is 1. The van der Waals surface area contributed by atoms with Crippen LogP contribution in [0, 0.1) is 0 Å². The molecule has 2 aromatic rings. The van der Waals surface area contributed by atoms with E-state index in [1.807, 2.05) is 19.1 Å². The number of halogens is 3. The smallest absolute Gasteiger partial charge is 0.433 e. The molecule has 1 aliphatic carbocycles. The SMILES string of the molecule is CCc1ccc(Cc2c(O[C@@H]3S[C@H](CO)[C@@H](O)[C@H](O)[C@H]3O)nn(C3CCC3)c2C(F)(F)F)cc1. The van der Waals surface area contributed by atoms with Crippen molar-refractivity contribution in [3.05, 3.63) is 46.6 Å². The highest BCUT2D eigenvalue weighted by Crippen LogP contribution is 2.44. The molecule has 188 valence electrons. The van der Waals surface area contributed by atoms with Crippen molar-refractivity contribution in [2.45, 2.75) is 80.2 Å². The topological polar surface area (TPSA) is 108 Å². The zero-order valence-corrected chi connectivity index (χ0v) is 19.5. The van der Waals surface area contributed by atoms with Crippen molar-refractivity contribution < 1.29 is 38.3 Å². The zero-order valence-electron chi connectivity index (χ0n) is 18.6. The fraction of sp³-hybridized carbons (Fsp3) is 0.609. The molecule has 0 bridgehead atoms. The molecule has 2 aliphatic rings.